The van der Waals surface area contributed by atoms with Gasteiger partial charge in [-0.2, -0.15) is 5.11 Å². The maximum Gasteiger partial charge on any atom is 0.331 e. The number of rotatable bonds is 7. The summed E-state index contributed by atoms with van der Waals surface area (Å²) in [5.74, 6) is 0.0742. The Balaban J connectivity index is 1.63. The van der Waals surface area contributed by atoms with Crippen molar-refractivity contribution in [1.29, 1.82) is 5.53 Å². The minimum Gasteiger partial charge on any atom is -0.493 e. The Morgan fingerprint density at radius 2 is 2.03 bits per heavy atom. The van der Waals surface area contributed by atoms with E-state index in [9.17, 15) is 14.3 Å². The topological polar surface area (TPSA) is 95.4 Å². The first-order valence-corrected chi connectivity index (χ1v) is 10.4. The van der Waals surface area contributed by atoms with E-state index in [2.05, 4.69) is 26.4 Å². The first-order chi connectivity index (χ1) is 14.4. The molecule has 1 aliphatic rings. The highest BCUT2D eigenvalue weighted by molar-refractivity contribution is 9.10. The van der Waals surface area contributed by atoms with Crippen LogP contribution in [0.1, 0.15) is 18.4 Å². The lowest BCUT2D eigenvalue weighted by molar-refractivity contribution is 0.429. The standard InChI is InChI=1S/C21H21BrFN5O2/c1-27-18(29)11-28(21(27)30)10-13-4-5-14(16(23)8-13)15-6-7-17(20(26-24)19(15)22)25-9-12-2-3-12/h4-8,11-12,24-25,29H,2-3,9-10H2,1H3. The average molecular weight is 474 g/mol. The molecule has 1 aliphatic carbocycles. The molecule has 156 valence electrons. The Labute approximate surface area is 180 Å². The van der Waals surface area contributed by atoms with Crippen LogP contribution in [-0.4, -0.2) is 20.8 Å². The average Bonchev–Trinajstić information content (AvgIpc) is 3.52. The third-order valence-electron chi connectivity index (χ3n) is 5.33. The van der Waals surface area contributed by atoms with E-state index in [0.717, 1.165) is 16.8 Å². The largest absolute Gasteiger partial charge is 0.493 e. The molecule has 1 heterocycles. The molecule has 3 N–H and O–H groups in total. The van der Waals surface area contributed by atoms with Gasteiger partial charge in [-0.1, -0.05) is 18.2 Å². The van der Waals surface area contributed by atoms with E-state index in [1.165, 1.54) is 36.7 Å². The Morgan fingerprint density at radius 1 is 1.30 bits per heavy atom. The first-order valence-electron chi connectivity index (χ1n) is 9.56. The molecule has 0 aliphatic heterocycles. The second-order valence-corrected chi connectivity index (χ2v) is 8.32. The van der Waals surface area contributed by atoms with E-state index >= 15 is 0 Å². The first kappa shape index (κ1) is 20.3. The minimum absolute atomic E-state index is 0.142. The van der Waals surface area contributed by atoms with E-state index in [0.29, 0.717) is 32.8 Å². The number of anilines is 1. The smallest absolute Gasteiger partial charge is 0.331 e. The van der Waals surface area contributed by atoms with Crippen molar-refractivity contribution in [2.45, 2.75) is 19.4 Å². The zero-order valence-corrected chi connectivity index (χ0v) is 17.9. The predicted octanol–water partition coefficient (Wildman–Crippen LogP) is 4.99. The van der Waals surface area contributed by atoms with Crippen molar-refractivity contribution < 1.29 is 9.50 Å². The number of aromatic hydroxyl groups is 1. The van der Waals surface area contributed by atoms with Crippen LogP contribution in [0, 0.1) is 17.3 Å². The van der Waals surface area contributed by atoms with Gasteiger partial charge in [0.1, 0.15) is 11.5 Å². The molecule has 0 spiro atoms. The maximum absolute atomic E-state index is 14.9. The lowest BCUT2D eigenvalue weighted by atomic mass is 10.0. The van der Waals surface area contributed by atoms with Crippen LogP contribution in [0.5, 0.6) is 5.88 Å². The summed E-state index contributed by atoms with van der Waals surface area (Å²) in [6.07, 6.45) is 3.75. The van der Waals surface area contributed by atoms with Gasteiger partial charge in [0.2, 0.25) is 5.88 Å². The van der Waals surface area contributed by atoms with Gasteiger partial charge in [-0.05, 0) is 52.4 Å². The summed E-state index contributed by atoms with van der Waals surface area (Å²) in [5, 5.41) is 16.6. The van der Waals surface area contributed by atoms with E-state index in [1.54, 1.807) is 18.2 Å². The number of benzene rings is 2. The molecule has 9 heteroatoms. The van der Waals surface area contributed by atoms with E-state index in [1.807, 2.05) is 6.07 Å². The maximum atomic E-state index is 14.9. The van der Waals surface area contributed by atoms with Crippen LogP contribution in [0.4, 0.5) is 15.8 Å². The van der Waals surface area contributed by atoms with E-state index < -0.39 is 5.82 Å². The molecule has 0 atom stereocenters. The number of hydrogen-bond acceptors (Lipinski definition) is 5. The van der Waals surface area contributed by atoms with Crippen molar-refractivity contribution in [3.63, 3.8) is 0 Å². The Hall–Kier alpha value is -2.94. The van der Waals surface area contributed by atoms with Crippen LogP contribution in [0.3, 0.4) is 0 Å². The SMILES string of the molecule is Cn1c(O)cn(Cc2ccc(-c3ccc(NCC4CC4)c(N=N)c3Br)c(F)c2)c1=O. The molecule has 3 aromatic rings. The number of halogens is 2. The summed E-state index contributed by atoms with van der Waals surface area (Å²) >= 11 is 3.48. The highest BCUT2D eigenvalue weighted by atomic mass is 79.9. The summed E-state index contributed by atoms with van der Waals surface area (Å²) in [6.45, 7) is 0.981. The fourth-order valence-electron chi connectivity index (χ4n) is 3.36. The molecule has 0 unspecified atom stereocenters. The van der Waals surface area contributed by atoms with Gasteiger partial charge in [-0.15, -0.1) is 0 Å². The molecule has 1 saturated carbocycles. The van der Waals surface area contributed by atoms with E-state index in [-0.39, 0.29) is 18.1 Å². The van der Waals surface area contributed by atoms with E-state index in [4.69, 9.17) is 5.53 Å². The van der Waals surface area contributed by atoms with Crippen molar-refractivity contribution in [2.24, 2.45) is 18.1 Å². The van der Waals surface area contributed by atoms with Crippen LogP contribution in [-0.2, 0) is 13.6 Å². The molecular weight excluding hydrogens is 453 g/mol. The van der Waals surface area contributed by atoms with Gasteiger partial charge >= 0.3 is 5.69 Å². The zero-order valence-electron chi connectivity index (χ0n) is 16.3. The summed E-state index contributed by atoms with van der Waals surface area (Å²) < 4.78 is 17.9. The van der Waals surface area contributed by atoms with Crippen LogP contribution in [0.25, 0.3) is 11.1 Å². The lowest BCUT2D eigenvalue weighted by Gasteiger charge is -2.14. The molecule has 0 amide bonds. The molecule has 1 fully saturated rings. The second-order valence-electron chi connectivity index (χ2n) is 7.53. The number of hydrogen-bond donors (Lipinski definition) is 3. The van der Waals surface area contributed by atoms with Crippen LogP contribution in [0.15, 0.2) is 50.9 Å². The monoisotopic (exact) mass is 473 g/mol. The fourth-order valence-corrected chi connectivity index (χ4v) is 4.01. The zero-order chi connectivity index (χ0) is 21.4. The summed E-state index contributed by atoms with van der Waals surface area (Å²) in [5.41, 5.74) is 9.90. The fraction of sp³-hybridized carbons (Fsp3) is 0.286. The normalized spacial score (nSPS) is 13.4. The van der Waals surface area contributed by atoms with Gasteiger partial charge in [0.05, 0.1) is 22.9 Å². The Morgan fingerprint density at radius 3 is 2.63 bits per heavy atom. The van der Waals surface area contributed by atoms with Crippen LogP contribution >= 0.6 is 15.9 Å². The van der Waals surface area contributed by atoms with Crippen molar-refractivity contribution in [3.05, 3.63) is 62.9 Å². The molecule has 0 radical (unpaired) electrons. The Kier molecular flexibility index (Phi) is 5.46. The number of nitrogens with one attached hydrogen (secondary N) is 2. The number of nitrogens with zero attached hydrogens (tertiary/aromatic N) is 3. The quantitative estimate of drug-likeness (QED) is 0.421. The van der Waals surface area contributed by atoms with Gasteiger partial charge in [0, 0.05) is 24.7 Å². The van der Waals surface area contributed by atoms with Gasteiger partial charge in [-0.25, -0.2) is 14.7 Å². The molecule has 1 aromatic heterocycles. The summed E-state index contributed by atoms with van der Waals surface area (Å²) in [6, 6.07) is 8.36. The number of imidazole rings is 1. The van der Waals surface area contributed by atoms with Gasteiger partial charge in [-0.3, -0.25) is 9.13 Å². The summed E-state index contributed by atoms with van der Waals surface area (Å²) in [7, 11) is 1.47. The number of aromatic nitrogens is 2. The van der Waals surface area contributed by atoms with Gasteiger partial charge in [0.25, 0.3) is 0 Å². The van der Waals surface area contributed by atoms with Crippen LogP contribution < -0.4 is 11.0 Å². The molecule has 0 bridgehead atoms. The predicted molar refractivity (Wildman–Crippen MR) is 116 cm³/mol. The highest BCUT2D eigenvalue weighted by Crippen LogP contribution is 2.42. The molecule has 4 rings (SSSR count). The van der Waals surface area contributed by atoms with Crippen LogP contribution in [0.2, 0.25) is 0 Å². The molecule has 2 aromatic carbocycles. The van der Waals surface area contributed by atoms with Crippen molar-refractivity contribution in [1.82, 2.24) is 9.13 Å². The molecule has 0 saturated heterocycles. The highest BCUT2D eigenvalue weighted by Gasteiger charge is 2.22. The molecule has 30 heavy (non-hydrogen) atoms. The van der Waals surface area contributed by atoms with Crippen molar-refractivity contribution in [3.8, 4) is 17.0 Å². The third kappa shape index (κ3) is 3.89. The van der Waals surface area contributed by atoms with Crippen molar-refractivity contribution >= 4 is 27.3 Å². The lowest BCUT2D eigenvalue weighted by Crippen LogP contribution is -2.22. The van der Waals surface area contributed by atoms with Gasteiger partial charge < -0.3 is 10.4 Å². The third-order valence-corrected chi connectivity index (χ3v) is 6.13. The second kappa shape index (κ2) is 8.06. The van der Waals surface area contributed by atoms with Gasteiger partial charge in [0.15, 0.2) is 0 Å². The molecule has 7 nitrogen and oxygen atoms in total. The summed E-state index contributed by atoms with van der Waals surface area (Å²) in [4.78, 5) is 12.0. The minimum atomic E-state index is -0.448. The Bertz CT molecular complexity index is 1180. The van der Waals surface area contributed by atoms with Crippen molar-refractivity contribution in [2.75, 3.05) is 11.9 Å². The molecular formula is C21H21BrFN5O2.